The van der Waals surface area contributed by atoms with Gasteiger partial charge in [0.1, 0.15) is 0 Å². The molecule has 30 heavy (non-hydrogen) atoms. The molecule has 0 aliphatic heterocycles. The lowest BCUT2D eigenvalue weighted by molar-refractivity contribution is -0.384. The number of rotatable bonds is 7. The van der Waals surface area contributed by atoms with E-state index in [1.807, 2.05) is 66.9 Å². The number of H-pyrrole nitrogens is 1. The lowest BCUT2D eigenvalue weighted by Gasteiger charge is -2.17. The largest absolute Gasteiger partial charge is 0.361 e. The summed E-state index contributed by atoms with van der Waals surface area (Å²) < 4.78 is 0. The van der Waals surface area contributed by atoms with Gasteiger partial charge < -0.3 is 10.3 Å². The van der Waals surface area contributed by atoms with Crippen LogP contribution in [0.15, 0.2) is 85.1 Å². The molecule has 1 unspecified atom stereocenters. The highest BCUT2D eigenvalue weighted by molar-refractivity contribution is 5.86. The Morgan fingerprint density at radius 1 is 1.00 bits per heavy atom. The molecule has 0 aliphatic rings. The standard InChI is InChI=1S/C24H21N3O3/c28-24(26-15-17-7-2-1-3-8-17)14-21(18-9-6-10-19(13-18)27(29)30)22-16-25-23-12-5-4-11-20(22)23/h1-13,16,21,25H,14-15H2,(H,26,28). The molecule has 4 aromatic rings. The van der Waals surface area contributed by atoms with Gasteiger partial charge in [0.25, 0.3) is 5.69 Å². The lowest BCUT2D eigenvalue weighted by atomic mass is 9.87. The molecule has 1 aromatic heterocycles. The first kappa shape index (κ1) is 19.4. The fraction of sp³-hybridized carbons (Fsp3) is 0.125. The van der Waals surface area contributed by atoms with E-state index in [1.54, 1.807) is 12.1 Å². The second-order valence-electron chi connectivity index (χ2n) is 7.16. The summed E-state index contributed by atoms with van der Waals surface area (Å²) in [6.07, 6.45) is 2.08. The fourth-order valence-electron chi connectivity index (χ4n) is 3.70. The van der Waals surface area contributed by atoms with Crippen LogP contribution in [0.5, 0.6) is 0 Å². The predicted molar refractivity (Wildman–Crippen MR) is 116 cm³/mol. The highest BCUT2D eigenvalue weighted by atomic mass is 16.6. The molecule has 0 radical (unpaired) electrons. The zero-order valence-corrected chi connectivity index (χ0v) is 16.2. The summed E-state index contributed by atoms with van der Waals surface area (Å²) in [6, 6.07) is 24.1. The highest BCUT2D eigenvalue weighted by Gasteiger charge is 2.23. The van der Waals surface area contributed by atoms with Crippen molar-refractivity contribution in [3.05, 3.63) is 112 Å². The lowest BCUT2D eigenvalue weighted by Crippen LogP contribution is -2.25. The predicted octanol–water partition coefficient (Wildman–Crippen LogP) is 4.91. The third-order valence-electron chi connectivity index (χ3n) is 5.20. The number of hydrogen-bond acceptors (Lipinski definition) is 3. The van der Waals surface area contributed by atoms with Gasteiger partial charge in [-0.25, -0.2) is 0 Å². The van der Waals surface area contributed by atoms with E-state index in [4.69, 9.17) is 0 Å². The zero-order valence-electron chi connectivity index (χ0n) is 16.2. The van der Waals surface area contributed by atoms with Gasteiger partial charge in [-0.2, -0.15) is 0 Å². The third-order valence-corrected chi connectivity index (χ3v) is 5.20. The van der Waals surface area contributed by atoms with E-state index in [0.29, 0.717) is 6.54 Å². The maximum Gasteiger partial charge on any atom is 0.269 e. The molecule has 6 heteroatoms. The van der Waals surface area contributed by atoms with Crippen LogP contribution in [0, 0.1) is 10.1 Å². The number of non-ortho nitro benzene ring substituents is 1. The molecule has 0 spiro atoms. The smallest absolute Gasteiger partial charge is 0.269 e. The van der Waals surface area contributed by atoms with E-state index in [-0.39, 0.29) is 23.9 Å². The first-order valence-corrected chi connectivity index (χ1v) is 9.73. The van der Waals surface area contributed by atoms with Gasteiger partial charge in [0.2, 0.25) is 5.91 Å². The van der Waals surface area contributed by atoms with E-state index < -0.39 is 4.92 Å². The van der Waals surface area contributed by atoms with Crippen LogP contribution in [0.1, 0.15) is 29.0 Å². The number of carbonyl (C=O) groups is 1. The van der Waals surface area contributed by atoms with Crippen LogP contribution in [0.3, 0.4) is 0 Å². The Bertz CT molecular complexity index is 1180. The summed E-state index contributed by atoms with van der Waals surface area (Å²) in [5.74, 6) is -0.419. The zero-order chi connectivity index (χ0) is 20.9. The number of hydrogen-bond donors (Lipinski definition) is 2. The SMILES string of the molecule is O=C(CC(c1cccc([N+](=O)[O-])c1)c1c[nH]c2ccccc12)NCc1ccccc1. The Morgan fingerprint density at radius 2 is 1.77 bits per heavy atom. The van der Waals surface area contributed by atoms with E-state index >= 15 is 0 Å². The van der Waals surface area contributed by atoms with Crippen molar-refractivity contribution in [2.24, 2.45) is 0 Å². The summed E-state index contributed by atoms with van der Waals surface area (Å²) in [5, 5.41) is 15.2. The molecule has 2 N–H and O–H groups in total. The molecular weight excluding hydrogens is 378 g/mol. The maximum absolute atomic E-state index is 12.8. The van der Waals surface area contributed by atoms with Gasteiger partial charge in [0.15, 0.2) is 0 Å². The van der Waals surface area contributed by atoms with E-state index in [2.05, 4.69) is 10.3 Å². The Balaban J connectivity index is 1.64. The van der Waals surface area contributed by atoms with Crippen LogP contribution < -0.4 is 5.32 Å². The molecule has 0 aliphatic carbocycles. The second kappa shape index (κ2) is 8.61. The fourth-order valence-corrected chi connectivity index (χ4v) is 3.70. The summed E-state index contributed by atoms with van der Waals surface area (Å²) in [4.78, 5) is 26.9. The first-order valence-electron chi connectivity index (χ1n) is 9.73. The highest BCUT2D eigenvalue weighted by Crippen LogP contribution is 2.34. The summed E-state index contributed by atoms with van der Waals surface area (Å²) in [5.41, 5.74) is 3.68. The molecule has 3 aromatic carbocycles. The van der Waals surface area contributed by atoms with Crippen LogP contribution >= 0.6 is 0 Å². The molecule has 0 fully saturated rings. The van der Waals surface area contributed by atoms with Crippen LogP contribution in [-0.2, 0) is 11.3 Å². The number of amides is 1. The number of nitrogens with one attached hydrogen (secondary N) is 2. The number of fused-ring (bicyclic) bond motifs is 1. The normalized spacial score (nSPS) is 11.9. The van der Waals surface area contributed by atoms with Crippen molar-refractivity contribution in [1.29, 1.82) is 0 Å². The molecule has 0 bridgehead atoms. The van der Waals surface area contributed by atoms with Gasteiger partial charge in [0, 0.05) is 48.1 Å². The first-order chi connectivity index (χ1) is 14.6. The molecule has 6 nitrogen and oxygen atoms in total. The quantitative estimate of drug-likeness (QED) is 0.342. The number of aromatic amines is 1. The number of para-hydroxylation sites is 1. The molecule has 0 saturated heterocycles. The van der Waals surface area contributed by atoms with Crippen molar-refractivity contribution >= 4 is 22.5 Å². The minimum absolute atomic E-state index is 0.0158. The molecule has 1 heterocycles. The number of benzene rings is 3. The monoisotopic (exact) mass is 399 g/mol. The molecule has 0 saturated carbocycles. The van der Waals surface area contributed by atoms with Gasteiger partial charge >= 0.3 is 0 Å². The maximum atomic E-state index is 12.8. The summed E-state index contributed by atoms with van der Waals surface area (Å²) >= 11 is 0. The minimum Gasteiger partial charge on any atom is -0.361 e. The van der Waals surface area contributed by atoms with Crippen LogP contribution in [0.25, 0.3) is 10.9 Å². The third kappa shape index (κ3) is 4.22. The van der Waals surface area contributed by atoms with Gasteiger partial charge in [-0.15, -0.1) is 0 Å². The number of aromatic nitrogens is 1. The van der Waals surface area contributed by atoms with Gasteiger partial charge in [-0.1, -0.05) is 60.7 Å². The minimum atomic E-state index is -0.411. The Kier molecular flexibility index (Phi) is 5.57. The Labute approximate surface area is 173 Å². The average molecular weight is 399 g/mol. The molecule has 1 atom stereocenters. The number of nitrogens with zero attached hydrogens (tertiary/aromatic N) is 1. The number of nitro benzene ring substituents is 1. The Morgan fingerprint density at radius 3 is 2.57 bits per heavy atom. The number of carbonyl (C=O) groups excluding carboxylic acids is 1. The van der Waals surface area contributed by atoms with Crippen LogP contribution in [-0.4, -0.2) is 15.8 Å². The summed E-state index contributed by atoms with van der Waals surface area (Å²) in [7, 11) is 0. The van der Waals surface area contributed by atoms with Crippen molar-refractivity contribution in [2.45, 2.75) is 18.9 Å². The van der Waals surface area contributed by atoms with Gasteiger partial charge in [-0.05, 0) is 22.8 Å². The molecule has 1 amide bonds. The van der Waals surface area contributed by atoms with E-state index in [1.165, 1.54) is 6.07 Å². The number of nitro groups is 1. The van der Waals surface area contributed by atoms with E-state index in [0.717, 1.165) is 27.6 Å². The second-order valence-corrected chi connectivity index (χ2v) is 7.16. The molecule has 4 rings (SSSR count). The van der Waals surface area contributed by atoms with Crippen LogP contribution in [0.2, 0.25) is 0 Å². The topological polar surface area (TPSA) is 88.0 Å². The molecular formula is C24H21N3O3. The van der Waals surface area contributed by atoms with Gasteiger partial charge in [0.05, 0.1) is 4.92 Å². The van der Waals surface area contributed by atoms with Crippen LogP contribution in [0.4, 0.5) is 5.69 Å². The van der Waals surface area contributed by atoms with Crippen molar-refractivity contribution in [2.75, 3.05) is 0 Å². The van der Waals surface area contributed by atoms with Gasteiger partial charge in [-0.3, -0.25) is 14.9 Å². The van der Waals surface area contributed by atoms with Crippen molar-refractivity contribution in [3.63, 3.8) is 0 Å². The van der Waals surface area contributed by atoms with E-state index in [9.17, 15) is 14.9 Å². The van der Waals surface area contributed by atoms with Crippen molar-refractivity contribution in [3.8, 4) is 0 Å². The summed E-state index contributed by atoms with van der Waals surface area (Å²) in [6.45, 7) is 0.440. The molecule has 150 valence electrons. The Hall–Kier alpha value is -3.93. The average Bonchev–Trinajstić information content (AvgIpc) is 3.21. The van der Waals surface area contributed by atoms with Crippen molar-refractivity contribution < 1.29 is 9.72 Å². The van der Waals surface area contributed by atoms with Crippen molar-refractivity contribution in [1.82, 2.24) is 10.3 Å².